The second kappa shape index (κ2) is 18.4. The van der Waals surface area contributed by atoms with E-state index < -0.39 is 36.7 Å². The Morgan fingerprint density at radius 3 is 1.85 bits per heavy atom. The van der Waals surface area contributed by atoms with Gasteiger partial charge in [-0.3, -0.25) is 18.6 Å². The minimum absolute atomic E-state index is 0.0869. The Bertz CT molecular complexity index is 728. The van der Waals surface area contributed by atoms with Crippen molar-refractivity contribution in [2.24, 2.45) is 0 Å². The molecular formula is C17H32O12P2S2. The van der Waals surface area contributed by atoms with Crippen LogP contribution in [-0.2, 0) is 67.6 Å². The van der Waals surface area contributed by atoms with Gasteiger partial charge in [0.1, 0.15) is 11.0 Å². The van der Waals surface area contributed by atoms with Crippen molar-refractivity contribution in [3.05, 3.63) is 11.8 Å². The number of phosphoric acid groups is 1. The van der Waals surface area contributed by atoms with Crippen molar-refractivity contribution < 1.29 is 55.8 Å². The summed E-state index contributed by atoms with van der Waals surface area (Å²) in [5, 5.41) is -0.787. The van der Waals surface area contributed by atoms with Crippen LogP contribution in [0.1, 0.15) is 27.2 Å². The van der Waals surface area contributed by atoms with Crippen LogP contribution in [-0.4, -0.2) is 71.9 Å². The van der Waals surface area contributed by atoms with E-state index >= 15 is 0 Å². The van der Waals surface area contributed by atoms with E-state index in [1.165, 1.54) is 42.5 Å². The average molecular weight is 555 g/mol. The summed E-state index contributed by atoms with van der Waals surface area (Å²) in [6, 6.07) is 0. The summed E-state index contributed by atoms with van der Waals surface area (Å²) in [6.45, 7) is 5.29. The van der Waals surface area contributed by atoms with Crippen molar-refractivity contribution in [2.75, 3.05) is 48.8 Å². The van der Waals surface area contributed by atoms with E-state index in [-0.39, 0.29) is 25.4 Å². The Balaban J connectivity index is 0. The van der Waals surface area contributed by atoms with Gasteiger partial charge in [0, 0.05) is 28.4 Å². The molecule has 0 aliphatic heterocycles. The van der Waals surface area contributed by atoms with E-state index in [0.717, 1.165) is 17.5 Å². The van der Waals surface area contributed by atoms with Gasteiger partial charge < -0.3 is 27.8 Å². The lowest BCUT2D eigenvalue weighted by molar-refractivity contribution is -0.149. The molecule has 0 heterocycles. The summed E-state index contributed by atoms with van der Waals surface area (Å²) in [7, 11) is 2.81. The van der Waals surface area contributed by atoms with Gasteiger partial charge in [0.15, 0.2) is 0 Å². The molecule has 0 spiro atoms. The topological polar surface area (TPSA) is 142 Å². The summed E-state index contributed by atoms with van der Waals surface area (Å²) >= 11 is 6.17. The maximum atomic E-state index is 11.8. The maximum Gasteiger partial charge on any atom is 0.529 e. The van der Waals surface area contributed by atoms with Gasteiger partial charge in [-0.2, -0.15) is 0 Å². The van der Waals surface area contributed by atoms with Gasteiger partial charge >= 0.3 is 25.7 Å². The third-order valence-corrected chi connectivity index (χ3v) is 10.4. The molecule has 0 saturated carbocycles. The van der Waals surface area contributed by atoms with Gasteiger partial charge in [0.25, 0.3) is 0 Å². The first kappa shape index (κ1) is 34.2. The van der Waals surface area contributed by atoms with Crippen molar-refractivity contribution in [3.63, 3.8) is 0 Å². The number of hydrogen-bond acceptors (Lipinski definition) is 14. The molecule has 1 atom stereocenters. The van der Waals surface area contributed by atoms with Crippen molar-refractivity contribution >= 4 is 54.6 Å². The van der Waals surface area contributed by atoms with E-state index in [4.69, 9.17) is 34.9 Å². The van der Waals surface area contributed by atoms with Gasteiger partial charge in [0.2, 0.25) is 5.69 Å². The highest BCUT2D eigenvalue weighted by molar-refractivity contribution is 8.68. The number of methoxy groups -OCH3 is 1. The summed E-state index contributed by atoms with van der Waals surface area (Å²) in [5.74, 6) is -1.53. The SMILES string of the molecule is CCOC(=O)CC(SP(=S)(OC)OC)C(=O)OCC.COC(=O)/C=C(\C)OP(=O)(OC)OC. The fourth-order valence-electron chi connectivity index (χ4n) is 1.66. The molecule has 0 aromatic heterocycles. The Hall–Kier alpha value is -0.980. The van der Waals surface area contributed by atoms with E-state index in [1.807, 2.05) is 0 Å². The van der Waals surface area contributed by atoms with Crippen LogP contribution in [0.3, 0.4) is 0 Å². The lowest BCUT2D eigenvalue weighted by Crippen LogP contribution is -2.24. The third-order valence-electron chi connectivity index (χ3n) is 3.14. The van der Waals surface area contributed by atoms with E-state index in [2.05, 4.69) is 13.8 Å². The summed E-state index contributed by atoms with van der Waals surface area (Å²) in [4.78, 5) is 34.0. The Morgan fingerprint density at radius 2 is 1.45 bits per heavy atom. The number of carbonyl (C=O) groups excluding carboxylic acids is 3. The molecule has 12 nitrogen and oxygen atoms in total. The molecule has 0 aliphatic carbocycles. The molecule has 0 rings (SSSR count). The van der Waals surface area contributed by atoms with E-state index in [9.17, 15) is 18.9 Å². The smallest absolute Gasteiger partial charge is 0.466 e. The molecule has 0 bridgehead atoms. The molecule has 0 saturated heterocycles. The first-order valence-corrected chi connectivity index (χ1v) is 14.9. The zero-order chi connectivity index (χ0) is 26.1. The lowest BCUT2D eigenvalue weighted by atomic mass is 10.3. The van der Waals surface area contributed by atoms with Gasteiger partial charge in [-0.25, -0.2) is 9.36 Å². The fraction of sp³-hybridized carbons (Fsp3) is 0.706. The van der Waals surface area contributed by atoms with Crippen LogP contribution >= 0.6 is 24.9 Å². The van der Waals surface area contributed by atoms with Crippen LogP contribution < -0.4 is 0 Å². The molecule has 0 N–H and O–H groups in total. The highest BCUT2D eigenvalue weighted by atomic mass is 32.9. The number of carbonyl (C=O) groups is 3. The van der Waals surface area contributed by atoms with Gasteiger partial charge in [-0.05, 0) is 32.6 Å². The zero-order valence-electron chi connectivity index (χ0n) is 19.9. The number of rotatable bonds is 14. The lowest BCUT2D eigenvalue weighted by Gasteiger charge is -2.21. The molecule has 0 amide bonds. The largest absolute Gasteiger partial charge is 0.529 e. The molecule has 33 heavy (non-hydrogen) atoms. The summed E-state index contributed by atoms with van der Waals surface area (Å²) in [6.07, 6.45) is 0.910. The number of esters is 3. The van der Waals surface area contributed by atoms with E-state index in [1.54, 1.807) is 13.8 Å². The second-order valence-corrected chi connectivity index (χ2v) is 13.8. The summed E-state index contributed by atoms with van der Waals surface area (Å²) < 4.78 is 49.4. The van der Waals surface area contributed by atoms with Crippen LogP contribution in [0.4, 0.5) is 0 Å². The monoisotopic (exact) mass is 554 g/mol. The molecule has 0 fully saturated rings. The molecule has 194 valence electrons. The molecule has 0 radical (unpaired) electrons. The molecule has 16 heteroatoms. The fourth-order valence-corrected chi connectivity index (χ4v) is 6.23. The number of allylic oxidation sites excluding steroid dienone is 1. The molecule has 0 aromatic carbocycles. The van der Waals surface area contributed by atoms with Gasteiger partial charge in [-0.1, -0.05) is 11.4 Å². The van der Waals surface area contributed by atoms with Crippen LogP contribution in [0.15, 0.2) is 11.8 Å². The predicted molar refractivity (Wildman–Crippen MR) is 126 cm³/mol. The van der Waals surface area contributed by atoms with Crippen LogP contribution in [0.25, 0.3) is 0 Å². The second-order valence-electron chi connectivity index (χ2n) is 5.35. The van der Waals surface area contributed by atoms with Crippen molar-refractivity contribution in [1.29, 1.82) is 0 Å². The third kappa shape index (κ3) is 15.5. The highest BCUT2D eigenvalue weighted by Gasteiger charge is 2.32. The zero-order valence-corrected chi connectivity index (χ0v) is 23.3. The quantitative estimate of drug-likeness (QED) is 0.101. The van der Waals surface area contributed by atoms with Gasteiger partial charge in [0.05, 0.1) is 32.8 Å². The number of hydrogen-bond donors (Lipinski definition) is 0. The standard InChI is InChI=1S/C10H19O6PS2.C7H13O6P/c1-5-15-9(11)7-8(10(12)16-6-2)19-17(18,13-3)14-4;1-6(5-7(8)10-2)13-14(9,11-3)12-4/h8H,5-7H2,1-4H3;5H,1-4H3/b;6-5+. The number of phosphoric ester groups is 1. The summed E-state index contributed by atoms with van der Waals surface area (Å²) in [5.41, 5.74) is -2.65. The Morgan fingerprint density at radius 1 is 0.939 bits per heavy atom. The predicted octanol–water partition coefficient (Wildman–Crippen LogP) is 3.60. The average Bonchev–Trinajstić information content (AvgIpc) is 2.78. The minimum Gasteiger partial charge on any atom is -0.466 e. The molecule has 0 aliphatic rings. The van der Waals surface area contributed by atoms with Crippen molar-refractivity contribution in [2.45, 2.75) is 32.4 Å². The van der Waals surface area contributed by atoms with Crippen molar-refractivity contribution in [1.82, 2.24) is 0 Å². The van der Waals surface area contributed by atoms with Crippen molar-refractivity contribution in [3.8, 4) is 0 Å². The minimum atomic E-state index is -3.58. The maximum absolute atomic E-state index is 11.8. The van der Waals surface area contributed by atoms with Gasteiger partial charge in [-0.15, -0.1) is 0 Å². The van der Waals surface area contributed by atoms with Crippen LogP contribution in [0.5, 0.6) is 0 Å². The number of ether oxygens (including phenoxy) is 3. The molecule has 0 aromatic rings. The molecule has 1 unspecified atom stereocenters. The highest BCUT2D eigenvalue weighted by Crippen LogP contribution is 2.62. The van der Waals surface area contributed by atoms with E-state index in [0.29, 0.717) is 0 Å². The Labute approximate surface area is 203 Å². The normalized spacial score (nSPS) is 12.7. The van der Waals surface area contributed by atoms with Crippen LogP contribution in [0.2, 0.25) is 0 Å². The first-order valence-electron chi connectivity index (χ1n) is 9.29. The first-order chi connectivity index (χ1) is 15.4. The van der Waals surface area contributed by atoms with Crippen LogP contribution in [0, 0.1) is 0 Å². The molecular weight excluding hydrogens is 522 g/mol. The Kier molecular flexibility index (Phi) is 19.0.